The highest BCUT2D eigenvalue weighted by atomic mass is 14.2. The van der Waals surface area contributed by atoms with E-state index in [0.717, 1.165) is 6.42 Å². The summed E-state index contributed by atoms with van der Waals surface area (Å²) in [6.07, 6.45) is 0.920. The Morgan fingerprint density at radius 1 is 0.278 bits per heavy atom. The predicted octanol–water partition coefficient (Wildman–Crippen LogP) is 11.7. The van der Waals surface area contributed by atoms with Gasteiger partial charge in [-0.3, -0.25) is 0 Å². The maximum atomic E-state index is 2.48. The lowest BCUT2D eigenvalue weighted by Crippen LogP contribution is -2.60. The van der Waals surface area contributed by atoms with Crippen molar-refractivity contribution in [1.82, 2.24) is 0 Å². The molecule has 258 valence electrons. The highest BCUT2D eigenvalue weighted by Gasteiger charge is 2.36. The third-order valence-corrected chi connectivity index (χ3v) is 11.5. The van der Waals surface area contributed by atoms with Gasteiger partial charge in [0.2, 0.25) is 6.71 Å². The van der Waals surface area contributed by atoms with Crippen LogP contribution in [0.1, 0.15) is 33.4 Å². The Bertz CT molecular complexity index is 2570. The van der Waals surface area contributed by atoms with Crippen molar-refractivity contribution in [2.75, 3.05) is 0 Å². The smallest absolute Gasteiger partial charge is 0.0629 e. The van der Waals surface area contributed by atoms with Crippen molar-refractivity contribution < 1.29 is 0 Å². The molecule has 1 aliphatic heterocycles. The molecule has 0 saturated heterocycles. The minimum absolute atomic E-state index is 0.151. The first-order valence-electron chi connectivity index (χ1n) is 19.2. The van der Waals surface area contributed by atoms with E-state index >= 15 is 0 Å². The molecule has 0 saturated carbocycles. The highest BCUT2D eigenvalue weighted by Crippen LogP contribution is 2.32. The van der Waals surface area contributed by atoms with Crippen LogP contribution in [-0.2, 0) is 6.42 Å². The average Bonchev–Trinajstić information content (AvgIpc) is 3.21. The lowest BCUT2D eigenvalue weighted by atomic mass is 9.31. The van der Waals surface area contributed by atoms with Gasteiger partial charge in [-0.25, -0.2) is 0 Å². The molecule has 0 radical (unpaired) electrons. The number of hydrogen-bond donors (Lipinski definition) is 0. The molecule has 0 bridgehead atoms. The standard InChI is InChI=1S/C53H43B/c1-35-28-46(44-24-20-42(21-25-44)39-14-8-5-9-15-39)29-36(2)51(35)54-52-37(3)30-47(41-18-12-7-13-19-41)32-49(52)34-50-33-48(31-38(4)53(50)54)45-26-22-43(23-27-45)40-16-10-6-11-17-40/h5-33H,34H2,1-4H3. The van der Waals surface area contributed by atoms with Gasteiger partial charge in [0.1, 0.15) is 0 Å². The molecule has 1 aliphatic rings. The fraction of sp³-hybridized carbons (Fsp3) is 0.0943. The van der Waals surface area contributed by atoms with Crippen LogP contribution in [0.5, 0.6) is 0 Å². The summed E-state index contributed by atoms with van der Waals surface area (Å²) < 4.78 is 0. The summed E-state index contributed by atoms with van der Waals surface area (Å²) in [4.78, 5) is 0. The van der Waals surface area contributed by atoms with E-state index in [9.17, 15) is 0 Å². The summed E-state index contributed by atoms with van der Waals surface area (Å²) >= 11 is 0. The van der Waals surface area contributed by atoms with Crippen LogP contribution in [0, 0.1) is 27.7 Å². The van der Waals surface area contributed by atoms with Gasteiger partial charge in [-0.2, -0.15) is 0 Å². The van der Waals surface area contributed by atoms with Crippen molar-refractivity contribution in [3.8, 4) is 55.6 Å². The molecule has 0 amide bonds. The first-order chi connectivity index (χ1) is 26.4. The molecule has 0 N–H and O–H groups in total. The van der Waals surface area contributed by atoms with Crippen LogP contribution in [0.2, 0.25) is 0 Å². The Labute approximate surface area is 320 Å². The van der Waals surface area contributed by atoms with E-state index in [1.165, 1.54) is 105 Å². The molecule has 0 nitrogen and oxygen atoms in total. The number of hydrogen-bond acceptors (Lipinski definition) is 0. The normalized spacial score (nSPS) is 12.0. The molecule has 0 unspecified atom stereocenters. The minimum atomic E-state index is 0.151. The predicted molar refractivity (Wildman–Crippen MR) is 233 cm³/mol. The molecule has 8 aromatic rings. The maximum Gasteiger partial charge on any atom is 0.243 e. The summed E-state index contributed by atoms with van der Waals surface area (Å²) in [5, 5.41) is 0. The average molecular weight is 691 g/mol. The summed E-state index contributed by atoms with van der Waals surface area (Å²) in [6, 6.07) is 64.9. The monoisotopic (exact) mass is 690 g/mol. The Hall–Kier alpha value is -6.18. The molecular weight excluding hydrogens is 647 g/mol. The van der Waals surface area contributed by atoms with Crippen molar-refractivity contribution in [2.24, 2.45) is 0 Å². The maximum absolute atomic E-state index is 2.48. The van der Waals surface area contributed by atoms with Gasteiger partial charge in [0.05, 0.1) is 0 Å². The molecule has 1 heterocycles. The fourth-order valence-corrected chi connectivity index (χ4v) is 9.03. The largest absolute Gasteiger partial charge is 0.243 e. The van der Waals surface area contributed by atoms with Gasteiger partial charge >= 0.3 is 0 Å². The second-order valence-electron chi connectivity index (χ2n) is 15.1. The third kappa shape index (κ3) is 6.20. The van der Waals surface area contributed by atoms with E-state index < -0.39 is 0 Å². The van der Waals surface area contributed by atoms with Gasteiger partial charge in [0.25, 0.3) is 0 Å². The van der Waals surface area contributed by atoms with Crippen LogP contribution in [0.3, 0.4) is 0 Å². The topological polar surface area (TPSA) is 0 Å². The summed E-state index contributed by atoms with van der Waals surface area (Å²) in [6.45, 7) is 9.46. The van der Waals surface area contributed by atoms with Crippen molar-refractivity contribution >= 4 is 23.1 Å². The van der Waals surface area contributed by atoms with Crippen LogP contribution in [0.15, 0.2) is 176 Å². The number of benzene rings is 8. The molecule has 0 atom stereocenters. The van der Waals surface area contributed by atoms with Crippen LogP contribution < -0.4 is 16.4 Å². The molecule has 1 heteroatoms. The molecule has 8 aromatic carbocycles. The zero-order valence-electron chi connectivity index (χ0n) is 31.5. The Kier molecular flexibility index (Phi) is 8.72. The summed E-state index contributed by atoms with van der Waals surface area (Å²) in [5.41, 5.74) is 25.2. The fourth-order valence-electron chi connectivity index (χ4n) is 9.03. The molecule has 0 aromatic heterocycles. The van der Waals surface area contributed by atoms with Crippen molar-refractivity contribution in [3.63, 3.8) is 0 Å². The zero-order chi connectivity index (χ0) is 36.8. The Morgan fingerprint density at radius 2 is 0.537 bits per heavy atom. The molecular formula is C53H43B. The van der Waals surface area contributed by atoms with Gasteiger partial charge in [-0.1, -0.05) is 215 Å². The van der Waals surface area contributed by atoms with Gasteiger partial charge in [-0.05, 0) is 101 Å². The lowest BCUT2D eigenvalue weighted by Gasteiger charge is -2.33. The van der Waals surface area contributed by atoms with Gasteiger partial charge in [-0.15, -0.1) is 0 Å². The molecule has 0 aliphatic carbocycles. The summed E-state index contributed by atoms with van der Waals surface area (Å²) in [5.74, 6) is 0. The third-order valence-electron chi connectivity index (χ3n) is 11.5. The highest BCUT2D eigenvalue weighted by molar-refractivity contribution is 6.97. The van der Waals surface area contributed by atoms with Gasteiger partial charge < -0.3 is 0 Å². The van der Waals surface area contributed by atoms with E-state index in [1.807, 2.05) is 0 Å². The molecule has 0 spiro atoms. The van der Waals surface area contributed by atoms with Gasteiger partial charge in [0.15, 0.2) is 0 Å². The minimum Gasteiger partial charge on any atom is -0.0629 e. The van der Waals surface area contributed by atoms with Crippen molar-refractivity contribution in [3.05, 3.63) is 209 Å². The van der Waals surface area contributed by atoms with Gasteiger partial charge in [0, 0.05) is 0 Å². The zero-order valence-corrected chi connectivity index (χ0v) is 31.5. The number of fused-ring (bicyclic) bond motifs is 2. The van der Waals surface area contributed by atoms with E-state index in [-0.39, 0.29) is 6.71 Å². The first-order valence-corrected chi connectivity index (χ1v) is 19.2. The Morgan fingerprint density at radius 3 is 0.889 bits per heavy atom. The molecule has 0 fully saturated rings. The molecule has 54 heavy (non-hydrogen) atoms. The first kappa shape index (κ1) is 33.6. The van der Waals surface area contributed by atoms with Crippen LogP contribution in [-0.4, -0.2) is 6.71 Å². The number of rotatable bonds is 6. The quantitative estimate of drug-likeness (QED) is 0.152. The van der Waals surface area contributed by atoms with Crippen LogP contribution >= 0.6 is 0 Å². The second-order valence-corrected chi connectivity index (χ2v) is 15.1. The number of aryl methyl sites for hydroxylation is 4. The second kappa shape index (κ2) is 14.0. The lowest BCUT2D eigenvalue weighted by molar-refractivity contribution is 1.19. The van der Waals surface area contributed by atoms with E-state index in [0.29, 0.717) is 0 Å². The summed E-state index contributed by atoms with van der Waals surface area (Å²) in [7, 11) is 0. The van der Waals surface area contributed by atoms with Crippen LogP contribution in [0.4, 0.5) is 0 Å². The SMILES string of the molecule is Cc1cc(-c2ccc(-c3ccccc3)cc2)cc(C)c1B1c2c(C)cc(-c3ccccc3)cc2Cc2cc(-c3ccc(-c4ccccc4)cc3)cc(C)c21. The Balaban J connectivity index is 1.16. The van der Waals surface area contributed by atoms with Crippen molar-refractivity contribution in [1.29, 1.82) is 0 Å². The van der Waals surface area contributed by atoms with E-state index in [2.05, 4.69) is 204 Å². The van der Waals surface area contributed by atoms with E-state index in [4.69, 9.17) is 0 Å². The van der Waals surface area contributed by atoms with Crippen molar-refractivity contribution in [2.45, 2.75) is 34.1 Å². The van der Waals surface area contributed by atoms with E-state index in [1.54, 1.807) is 0 Å². The van der Waals surface area contributed by atoms with Crippen LogP contribution in [0.25, 0.3) is 55.6 Å². The molecule has 9 rings (SSSR count).